The number of anilines is 1. The Labute approximate surface area is 116 Å². The molecule has 0 aliphatic carbocycles. The lowest BCUT2D eigenvalue weighted by Crippen LogP contribution is -2.29. The molecule has 1 aliphatic heterocycles. The highest BCUT2D eigenvalue weighted by Crippen LogP contribution is 2.29. The summed E-state index contributed by atoms with van der Waals surface area (Å²) in [7, 11) is 0. The molecule has 0 saturated heterocycles. The number of benzene rings is 2. The van der Waals surface area contributed by atoms with Crippen LogP contribution in [0.5, 0.6) is 0 Å². The second-order valence-corrected chi connectivity index (χ2v) is 4.63. The van der Waals surface area contributed by atoms with Crippen LogP contribution in [0.1, 0.15) is 11.1 Å². The van der Waals surface area contributed by atoms with E-state index in [1.54, 1.807) is 6.07 Å². The van der Waals surface area contributed by atoms with Gasteiger partial charge in [0.15, 0.2) is 0 Å². The summed E-state index contributed by atoms with van der Waals surface area (Å²) in [5.74, 6) is 0.587. The lowest BCUT2D eigenvalue weighted by molar-refractivity contribution is -0.384. The molecule has 5 nitrogen and oxygen atoms in total. The van der Waals surface area contributed by atoms with Crippen LogP contribution in [0, 0.1) is 10.1 Å². The lowest BCUT2D eigenvalue weighted by Gasteiger charge is -2.29. The molecular formula is C15H13N3O2. The molecule has 0 unspecified atom stereocenters. The standard InChI is InChI=1S/C15H13N3O2/c16-15-8-11-4-1-2-5-12(11)10-17(15)13-6-3-7-14(9-13)18(19)20/h1-9H,10,16H2. The topological polar surface area (TPSA) is 72.4 Å². The first-order valence-electron chi connectivity index (χ1n) is 6.22. The van der Waals surface area contributed by atoms with Gasteiger partial charge in [-0.2, -0.15) is 0 Å². The van der Waals surface area contributed by atoms with E-state index in [0.717, 1.165) is 16.8 Å². The lowest BCUT2D eigenvalue weighted by atomic mass is 10.0. The van der Waals surface area contributed by atoms with Crippen LogP contribution >= 0.6 is 0 Å². The van der Waals surface area contributed by atoms with E-state index >= 15 is 0 Å². The maximum absolute atomic E-state index is 10.9. The number of nitro groups is 1. The number of nitrogens with two attached hydrogens (primary N) is 1. The van der Waals surface area contributed by atoms with Gasteiger partial charge in [0, 0.05) is 17.8 Å². The largest absolute Gasteiger partial charge is 0.385 e. The van der Waals surface area contributed by atoms with E-state index in [0.29, 0.717) is 12.4 Å². The Bertz CT molecular complexity index is 710. The zero-order valence-electron chi connectivity index (χ0n) is 10.7. The third-order valence-corrected chi connectivity index (χ3v) is 3.35. The van der Waals surface area contributed by atoms with Crippen LogP contribution in [0.2, 0.25) is 0 Å². The summed E-state index contributed by atoms with van der Waals surface area (Å²) in [5.41, 5.74) is 9.09. The van der Waals surface area contributed by atoms with Crippen LogP contribution < -0.4 is 10.6 Å². The van der Waals surface area contributed by atoms with Crippen molar-refractivity contribution in [1.82, 2.24) is 0 Å². The average molecular weight is 267 g/mol. The van der Waals surface area contributed by atoms with Gasteiger partial charge in [0.05, 0.1) is 11.5 Å². The van der Waals surface area contributed by atoms with Crippen molar-refractivity contribution >= 4 is 17.5 Å². The van der Waals surface area contributed by atoms with Crippen LogP contribution in [0.4, 0.5) is 11.4 Å². The highest BCUT2D eigenvalue weighted by Gasteiger charge is 2.18. The summed E-state index contributed by atoms with van der Waals surface area (Å²) < 4.78 is 0. The van der Waals surface area contributed by atoms with Crippen LogP contribution in [0.15, 0.2) is 54.4 Å². The van der Waals surface area contributed by atoms with Crippen LogP contribution in [-0.2, 0) is 6.54 Å². The predicted octanol–water partition coefficient (Wildman–Crippen LogP) is 2.87. The fourth-order valence-electron chi connectivity index (χ4n) is 2.33. The number of fused-ring (bicyclic) bond motifs is 1. The Morgan fingerprint density at radius 3 is 2.75 bits per heavy atom. The van der Waals surface area contributed by atoms with E-state index in [1.165, 1.54) is 12.1 Å². The molecule has 0 bridgehead atoms. The van der Waals surface area contributed by atoms with Gasteiger partial charge in [-0.15, -0.1) is 0 Å². The molecule has 0 aromatic heterocycles. The van der Waals surface area contributed by atoms with E-state index in [9.17, 15) is 10.1 Å². The summed E-state index contributed by atoms with van der Waals surface area (Å²) in [4.78, 5) is 12.3. The Kier molecular flexibility index (Phi) is 2.87. The van der Waals surface area contributed by atoms with Crippen molar-refractivity contribution in [1.29, 1.82) is 0 Å². The average Bonchev–Trinajstić information content (AvgIpc) is 2.46. The van der Waals surface area contributed by atoms with E-state index in [2.05, 4.69) is 0 Å². The molecule has 0 saturated carbocycles. The zero-order valence-corrected chi connectivity index (χ0v) is 10.7. The van der Waals surface area contributed by atoms with Crippen LogP contribution in [0.3, 0.4) is 0 Å². The van der Waals surface area contributed by atoms with Gasteiger partial charge < -0.3 is 10.6 Å². The van der Waals surface area contributed by atoms with Crippen molar-refractivity contribution in [2.24, 2.45) is 5.73 Å². The summed E-state index contributed by atoms with van der Waals surface area (Å²) in [6.07, 6.45) is 1.89. The highest BCUT2D eigenvalue weighted by atomic mass is 16.6. The van der Waals surface area contributed by atoms with Gasteiger partial charge in [0.1, 0.15) is 5.82 Å². The highest BCUT2D eigenvalue weighted by molar-refractivity contribution is 5.68. The maximum Gasteiger partial charge on any atom is 0.271 e. The fraction of sp³-hybridized carbons (Fsp3) is 0.0667. The minimum atomic E-state index is -0.401. The molecule has 0 spiro atoms. The van der Waals surface area contributed by atoms with Crippen LogP contribution in [0.25, 0.3) is 6.08 Å². The molecule has 5 heteroatoms. The number of nitro benzene ring substituents is 1. The molecule has 2 aromatic carbocycles. The minimum Gasteiger partial charge on any atom is -0.385 e. The van der Waals surface area contributed by atoms with Gasteiger partial charge >= 0.3 is 0 Å². The normalized spacial score (nSPS) is 13.6. The Morgan fingerprint density at radius 2 is 1.95 bits per heavy atom. The molecule has 100 valence electrons. The quantitative estimate of drug-likeness (QED) is 0.670. The van der Waals surface area contributed by atoms with E-state index in [1.807, 2.05) is 41.3 Å². The van der Waals surface area contributed by atoms with E-state index in [-0.39, 0.29) is 5.69 Å². The minimum absolute atomic E-state index is 0.0640. The SMILES string of the molecule is NC1=Cc2ccccc2CN1c1cccc([N+](=O)[O-])c1. The fourth-order valence-corrected chi connectivity index (χ4v) is 2.33. The van der Waals surface area contributed by atoms with Crippen molar-refractivity contribution in [3.63, 3.8) is 0 Å². The van der Waals surface area contributed by atoms with Gasteiger partial charge in [-0.1, -0.05) is 30.3 Å². The zero-order chi connectivity index (χ0) is 14.1. The molecule has 0 amide bonds. The molecule has 3 rings (SSSR count). The second kappa shape index (κ2) is 4.70. The molecule has 0 atom stereocenters. The summed E-state index contributed by atoms with van der Waals surface area (Å²) >= 11 is 0. The van der Waals surface area contributed by atoms with Gasteiger partial charge in [-0.05, 0) is 23.3 Å². The second-order valence-electron chi connectivity index (χ2n) is 4.63. The molecule has 2 aromatic rings. The summed E-state index contributed by atoms with van der Waals surface area (Å²) in [5, 5.41) is 10.9. The number of rotatable bonds is 2. The Morgan fingerprint density at radius 1 is 1.15 bits per heavy atom. The van der Waals surface area contributed by atoms with Crippen molar-refractivity contribution in [3.05, 3.63) is 75.6 Å². The first kappa shape index (κ1) is 12.2. The predicted molar refractivity (Wildman–Crippen MR) is 77.9 cm³/mol. The van der Waals surface area contributed by atoms with Gasteiger partial charge in [-0.25, -0.2) is 0 Å². The van der Waals surface area contributed by atoms with Gasteiger partial charge in [-0.3, -0.25) is 10.1 Å². The number of hydrogen-bond acceptors (Lipinski definition) is 4. The van der Waals surface area contributed by atoms with Crippen molar-refractivity contribution in [2.45, 2.75) is 6.54 Å². The number of nitrogens with zero attached hydrogens (tertiary/aromatic N) is 2. The van der Waals surface area contributed by atoms with Crippen molar-refractivity contribution < 1.29 is 4.92 Å². The van der Waals surface area contributed by atoms with E-state index < -0.39 is 4.92 Å². The van der Waals surface area contributed by atoms with E-state index in [4.69, 9.17) is 5.73 Å². The molecule has 1 heterocycles. The molecular weight excluding hydrogens is 254 g/mol. The molecule has 2 N–H and O–H groups in total. The first-order valence-corrected chi connectivity index (χ1v) is 6.22. The molecule has 0 radical (unpaired) electrons. The number of hydrogen-bond donors (Lipinski definition) is 1. The third-order valence-electron chi connectivity index (χ3n) is 3.35. The summed E-state index contributed by atoms with van der Waals surface area (Å²) in [6, 6.07) is 14.5. The van der Waals surface area contributed by atoms with Gasteiger partial charge in [0.25, 0.3) is 5.69 Å². The van der Waals surface area contributed by atoms with Crippen molar-refractivity contribution in [3.8, 4) is 0 Å². The molecule has 20 heavy (non-hydrogen) atoms. The van der Waals surface area contributed by atoms with Gasteiger partial charge in [0.2, 0.25) is 0 Å². The smallest absolute Gasteiger partial charge is 0.271 e. The first-order chi connectivity index (χ1) is 9.65. The third kappa shape index (κ3) is 2.09. The van der Waals surface area contributed by atoms with Crippen LogP contribution in [-0.4, -0.2) is 4.92 Å². The summed E-state index contributed by atoms with van der Waals surface area (Å²) in [6.45, 7) is 0.611. The number of non-ortho nitro benzene ring substituents is 1. The maximum atomic E-state index is 10.9. The molecule has 0 fully saturated rings. The Balaban J connectivity index is 2.00. The monoisotopic (exact) mass is 267 g/mol. The Hall–Kier alpha value is -2.82. The molecule has 1 aliphatic rings. The van der Waals surface area contributed by atoms with Crippen molar-refractivity contribution in [2.75, 3.05) is 4.90 Å².